The van der Waals surface area contributed by atoms with Crippen LogP contribution in [0.15, 0.2) is 59.7 Å². The van der Waals surface area contributed by atoms with Crippen LogP contribution in [0, 0.1) is 39.5 Å². The monoisotopic (exact) mass is 809 g/mol. The molecule has 2 aromatic carbocycles. The Labute approximate surface area is 347 Å². The third-order valence-corrected chi connectivity index (χ3v) is 7.56. The van der Waals surface area contributed by atoms with Crippen molar-refractivity contribution in [3.63, 3.8) is 0 Å². The maximum atomic E-state index is 3.72. The van der Waals surface area contributed by atoms with Crippen LogP contribution in [0.1, 0.15) is 103 Å². The maximum Gasteiger partial charge on any atom is 4.00 e. The zero-order valence-electron chi connectivity index (χ0n) is 30.7. The van der Waals surface area contributed by atoms with Crippen molar-refractivity contribution in [1.82, 2.24) is 0 Å². The number of allylic oxidation sites excluding steroid dienone is 8. The van der Waals surface area contributed by atoms with Crippen LogP contribution in [0.5, 0.6) is 0 Å². The largest absolute Gasteiger partial charge is 4.00 e. The van der Waals surface area contributed by atoms with Crippen molar-refractivity contribution in [1.29, 1.82) is 0 Å². The first kappa shape index (κ1) is 56.3. The first-order valence-electron chi connectivity index (χ1n) is 15.0. The first-order valence-corrected chi connectivity index (χ1v) is 15.0. The zero-order valence-corrected chi connectivity index (χ0v) is 37.6. The van der Waals surface area contributed by atoms with E-state index in [1.165, 1.54) is 67.1 Å². The third kappa shape index (κ3) is 15.3. The second-order valence-corrected chi connectivity index (χ2v) is 14.2. The Morgan fingerprint density at radius 1 is 0.511 bits per heavy atom. The van der Waals surface area contributed by atoms with E-state index in [1.807, 2.05) is 0 Å². The molecule has 2 unspecified atom stereocenters. The number of nitrogens with one attached hydrogen (secondary N) is 2. The fraction of sp³-hybridized carbons (Fsp3) is 0.474. The van der Waals surface area contributed by atoms with Gasteiger partial charge in [0, 0.05) is 33.6 Å². The minimum absolute atomic E-state index is 0. The van der Waals surface area contributed by atoms with Gasteiger partial charge in [-0.05, 0) is 66.5 Å². The van der Waals surface area contributed by atoms with Crippen molar-refractivity contribution < 1.29 is 115 Å². The summed E-state index contributed by atoms with van der Waals surface area (Å²) in [5.74, 6) is 0.867. The molecule has 2 nitrogen and oxygen atoms in total. The standard InChI is InChI=1S/2C19H26N.5ClH.2Ti/c2*1-12-10-15(4)18(20-19(5,6)7)16(11-12)17-13(2)8-9-14(17)3;;;;;;;/h2*8-11,15H,1-7H3;5*1H;;/q2*-1;;;;;;;+4/p-3. The van der Waals surface area contributed by atoms with E-state index < -0.39 is 0 Å². The number of aryl methyl sites for hydroxylation is 4. The second kappa shape index (κ2) is 22.6. The van der Waals surface area contributed by atoms with Crippen LogP contribution in [0.25, 0.3) is 11.1 Å². The summed E-state index contributed by atoms with van der Waals surface area (Å²) in [7, 11) is 0. The fourth-order valence-electron chi connectivity index (χ4n) is 6.04. The molecule has 2 N–H and O–H groups in total. The molecule has 2 aliphatic rings. The predicted molar refractivity (Wildman–Crippen MR) is 176 cm³/mol. The van der Waals surface area contributed by atoms with E-state index >= 15 is 0 Å². The van der Waals surface area contributed by atoms with E-state index in [1.54, 1.807) is 0 Å². The van der Waals surface area contributed by atoms with Gasteiger partial charge in [0.1, 0.15) is 22.5 Å². The molecule has 0 fully saturated rings. The molecule has 0 aromatic heterocycles. The molecule has 2 atom stereocenters. The maximum absolute atomic E-state index is 3.72. The summed E-state index contributed by atoms with van der Waals surface area (Å²) in [6.45, 7) is 31.1. The summed E-state index contributed by atoms with van der Waals surface area (Å²) in [5.41, 5.74) is 16.6. The van der Waals surface area contributed by atoms with Gasteiger partial charge in [0.15, 0.2) is 0 Å². The van der Waals surface area contributed by atoms with Crippen molar-refractivity contribution in [2.45, 2.75) is 108 Å². The molecular weight excluding hydrogens is 757 g/mol. The smallest absolute Gasteiger partial charge is 1.00 e. The first-order chi connectivity index (χ1) is 18.4. The topological polar surface area (TPSA) is 27.9 Å². The Balaban J connectivity index is -0.000000218. The molecule has 0 heterocycles. The minimum Gasteiger partial charge on any atom is -1.00 e. The van der Waals surface area contributed by atoms with Gasteiger partial charge in [-0.2, -0.15) is 0 Å². The Morgan fingerprint density at radius 3 is 0.957 bits per heavy atom. The molecule has 0 aliphatic heterocycles. The van der Waals surface area contributed by atoms with Crippen LogP contribution in [-0.2, 0) is 43.4 Å². The van der Waals surface area contributed by atoms with E-state index in [0.717, 1.165) is 0 Å². The number of halogens is 5. The normalized spacial score (nSPS) is 18.7. The molecule has 0 saturated heterocycles. The molecule has 47 heavy (non-hydrogen) atoms. The molecule has 4 rings (SSSR count). The number of rotatable bonds is 2. The Morgan fingerprint density at radius 2 is 0.745 bits per heavy atom. The molecule has 0 radical (unpaired) electrons. The summed E-state index contributed by atoms with van der Waals surface area (Å²) in [6, 6.07) is 8.88. The van der Waals surface area contributed by atoms with Gasteiger partial charge in [0.25, 0.3) is 0 Å². The van der Waals surface area contributed by atoms with Crippen molar-refractivity contribution >= 4 is 22.6 Å². The van der Waals surface area contributed by atoms with Gasteiger partial charge in [-0.3, -0.25) is 9.98 Å². The van der Waals surface area contributed by atoms with Gasteiger partial charge in [-0.25, -0.2) is 0 Å². The van der Waals surface area contributed by atoms with Gasteiger partial charge in [0.2, 0.25) is 0 Å². The summed E-state index contributed by atoms with van der Waals surface area (Å²) in [4.78, 5) is 7.45. The van der Waals surface area contributed by atoms with Crippen molar-refractivity contribution in [2.24, 2.45) is 11.8 Å². The zero-order chi connectivity index (χ0) is 30.2. The molecule has 0 saturated carbocycles. The molecular formula is C38H54Cl5N2Ti2-. The summed E-state index contributed by atoms with van der Waals surface area (Å²) in [5, 5.41) is 0. The minimum atomic E-state index is 0. The van der Waals surface area contributed by atoms with Gasteiger partial charge < -0.3 is 62.0 Å². The molecule has 9 heteroatoms. The van der Waals surface area contributed by atoms with Gasteiger partial charge in [0.05, 0.1) is 0 Å². The van der Waals surface area contributed by atoms with Crippen LogP contribution in [0.2, 0.25) is 0 Å². The Hall–Kier alpha value is -0.121. The quantitative estimate of drug-likeness (QED) is 0.223. The molecule has 2 aromatic rings. The van der Waals surface area contributed by atoms with E-state index in [-0.39, 0.29) is 117 Å². The second-order valence-electron chi connectivity index (χ2n) is 14.2. The SMILES string of the molecule is CC1=CC(C)C(=[NH+]C(C)(C)C)C([c-]2c(C)ccc2C)=C1.CC1=CC(C)C(=[NH+]C(C)(C)C)C([c-]2c(C)ccc2C)=C1.[Cl-].[Cl-].[Cl-].[Cl-].[Cl-].[Ti+4].[Ti]. The number of hydrogen-bond donors (Lipinski definition) is 2. The summed E-state index contributed by atoms with van der Waals surface area (Å²) < 4.78 is 0. The average Bonchev–Trinajstić information content (AvgIpc) is 3.30. The Bertz CT molecular complexity index is 1310. The molecule has 2 aliphatic carbocycles. The van der Waals surface area contributed by atoms with E-state index in [4.69, 9.17) is 0 Å². The predicted octanol–water partition coefficient (Wildman–Crippen LogP) is -8.34. The van der Waals surface area contributed by atoms with Gasteiger partial charge in [-0.1, -0.05) is 76.0 Å². The fourth-order valence-corrected chi connectivity index (χ4v) is 6.04. The van der Waals surface area contributed by atoms with Crippen LogP contribution in [-0.4, -0.2) is 22.5 Å². The van der Waals surface area contributed by atoms with Crippen molar-refractivity contribution in [2.75, 3.05) is 0 Å². The van der Waals surface area contributed by atoms with E-state index in [2.05, 4.69) is 155 Å². The third-order valence-electron chi connectivity index (χ3n) is 7.56. The molecule has 260 valence electrons. The van der Waals surface area contributed by atoms with E-state index in [0.29, 0.717) is 11.8 Å². The molecule has 0 spiro atoms. The summed E-state index contributed by atoms with van der Waals surface area (Å²) in [6.07, 6.45) is 9.32. The summed E-state index contributed by atoms with van der Waals surface area (Å²) >= 11 is 0. The molecule has 0 amide bonds. The van der Waals surface area contributed by atoms with Crippen LogP contribution >= 0.6 is 0 Å². The van der Waals surface area contributed by atoms with Gasteiger partial charge in [-0.15, -0.1) is 58.7 Å². The molecule has 0 bridgehead atoms. The Kier molecular flexibility index (Phi) is 27.1. The average molecular weight is 812 g/mol. The van der Waals surface area contributed by atoms with Crippen LogP contribution < -0.4 is 72.0 Å². The van der Waals surface area contributed by atoms with Crippen molar-refractivity contribution in [3.05, 3.63) is 93.1 Å². The van der Waals surface area contributed by atoms with Gasteiger partial charge >= 0.3 is 21.7 Å². The number of hydrogen-bond acceptors (Lipinski definition) is 0. The van der Waals surface area contributed by atoms with Crippen LogP contribution in [0.3, 0.4) is 0 Å². The van der Waals surface area contributed by atoms with Crippen LogP contribution in [0.4, 0.5) is 0 Å². The van der Waals surface area contributed by atoms with Crippen molar-refractivity contribution in [3.8, 4) is 0 Å². The van der Waals surface area contributed by atoms with E-state index in [9.17, 15) is 0 Å².